The van der Waals surface area contributed by atoms with E-state index in [0.717, 1.165) is 32.4 Å². The molecule has 2 aliphatic heterocycles. The lowest BCUT2D eigenvalue weighted by atomic mass is 9.84. The van der Waals surface area contributed by atoms with Gasteiger partial charge in [-0.1, -0.05) is 29.6 Å². The summed E-state index contributed by atoms with van der Waals surface area (Å²) in [5.74, 6) is 0.165. The predicted molar refractivity (Wildman–Crippen MR) is 102 cm³/mol. The molecule has 0 spiro atoms. The summed E-state index contributed by atoms with van der Waals surface area (Å²) < 4.78 is 35.6. The van der Waals surface area contributed by atoms with E-state index >= 15 is 0 Å². The molecule has 2 saturated heterocycles. The molecule has 0 bridgehead atoms. The lowest BCUT2D eigenvalue weighted by molar-refractivity contribution is 0.0244. The van der Waals surface area contributed by atoms with Gasteiger partial charge in [-0.25, -0.2) is 4.79 Å². The number of ether oxygens (including phenoxy) is 1. The van der Waals surface area contributed by atoms with Crippen LogP contribution in [0.15, 0.2) is 18.2 Å². The summed E-state index contributed by atoms with van der Waals surface area (Å²) in [4.78, 5) is 14.4. The van der Waals surface area contributed by atoms with Gasteiger partial charge in [0.05, 0.1) is 16.7 Å². The Kier molecular flexibility index (Phi) is 6.73. The number of rotatable bonds is 5. The highest BCUT2D eigenvalue weighted by molar-refractivity contribution is 7.85. The highest BCUT2D eigenvalue weighted by Gasteiger charge is 2.33. The molecule has 2 fully saturated rings. The number of fused-ring (bicyclic) bond motifs is 1. The van der Waals surface area contributed by atoms with E-state index in [1.54, 1.807) is 4.72 Å². The van der Waals surface area contributed by atoms with Gasteiger partial charge in [-0.2, -0.15) is 13.1 Å². The van der Waals surface area contributed by atoms with Crippen molar-refractivity contribution in [2.75, 3.05) is 19.7 Å². The Morgan fingerprint density at radius 2 is 1.93 bits per heavy atom. The molecule has 2 aliphatic rings. The van der Waals surface area contributed by atoms with Crippen LogP contribution in [-0.4, -0.2) is 45.1 Å². The molecule has 0 unspecified atom stereocenters. The largest absolute Gasteiger partial charge is 0.448 e. The SMILES string of the molecule is O=C(NS(=O)(=O)Oc1ccc(Cl)c(Cl)c1)OC[C@@H]1CCCN2CCCC[C@@H]12. The molecule has 2 heterocycles. The minimum Gasteiger partial charge on any atom is -0.448 e. The summed E-state index contributed by atoms with van der Waals surface area (Å²) in [6.07, 6.45) is 4.45. The molecule has 1 amide bonds. The van der Waals surface area contributed by atoms with Crippen LogP contribution in [0, 0.1) is 5.92 Å². The van der Waals surface area contributed by atoms with Crippen LogP contribution < -0.4 is 8.91 Å². The number of benzene rings is 1. The fraction of sp³-hybridized carbons (Fsp3) is 0.588. The van der Waals surface area contributed by atoms with Crippen molar-refractivity contribution >= 4 is 39.6 Å². The third-order valence-electron chi connectivity index (χ3n) is 4.96. The number of hydrogen-bond acceptors (Lipinski definition) is 6. The molecule has 0 aliphatic carbocycles. The minimum atomic E-state index is -4.38. The smallest absolute Gasteiger partial charge is 0.423 e. The highest BCUT2D eigenvalue weighted by Crippen LogP contribution is 2.31. The first-order valence-corrected chi connectivity index (χ1v) is 11.1. The van der Waals surface area contributed by atoms with E-state index in [2.05, 4.69) is 4.90 Å². The van der Waals surface area contributed by atoms with Crippen molar-refractivity contribution in [3.05, 3.63) is 28.2 Å². The van der Waals surface area contributed by atoms with Gasteiger partial charge in [-0.05, 0) is 50.9 Å². The molecule has 2 atom stereocenters. The van der Waals surface area contributed by atoms with E-state index in [0.29, 0.717) is 6.04 Å². The second-order valence-electron chi connectivity index (χ2n) is 6.82. The zero-order valence-corrected chi connectivity index (χ0v) is 17.0. The molecule has 0 radical (unpaired) electrons. The van der Waals surface area contributed by atoms with E-state index in [9.17, 15) is 13.2 Å². The summed E-state index contributed by atoms with van der Waals surface area (Å²) in [6.45, 7) is 2.35. The third kappa shape index (κ3) is 5.63. The quantitative estimate of drug-likeness (QED) is 0.758. The third-order valence-corrected chi connectivity index (χ3v) is 6.53. The number of nitrogens with zero attached hydrogens (tertiary/aromatic N) is 1. The maximum Gasteiger partial charge on any atom is 0.423 e. The van der Waals surface area contributed by atoms with Crippen LogP contribution >= 0.6 is 23.2 Å². The maximum absolute atomic E-state index is 12.0. The Morgan fingerprint density at radius 3 is 2.70 bits per heavy atom. The van der Waals surface area contributed by atoms with Gasteiger partial charge in [-0.3, -0.25) is 4.90 Å². The van der Waals surface area contributed by atoms with Gasteiger partial charge >= 0.3 is 16.4 Å². The van der Waals surface area contributed by atoms with E-state index in [4.69, 9.17) is 32.1 Å². The van der Waals surface area contributed by atoms with Gasteiger partial charge in [0.2, 0.25) is 0 Å². The lowest BCUT2D eigenvalue weighted by Crippen LogP contribution is -2.49. The van der Waals surface area contributed by atoms with Gasteiger partial charge in [-0.15, -0.1) is 0 Å². The molecule has 1 aromatic rings. The van der Waals surface area contributed by atoms with Crippen LogP contribution in [0.1, 0.15) is 32.1 Å². The number of piperidine rings is 2. The number of carbonyl (C=O) groups excluding carboxylic acids is 1. The molecule has 1 aromatic carbocycles. The predicted octanol–water partition coefficient (Wildman–Crippen LogP) is 3.61. The molecular weight excluding hydrogens is 415 g/mol. The summed E-state index contributed by atoms with van der Waals surface area (Å²) in [7, 11) is -4.38. The van der Waals surface area contributed by atoms with Gasteiger partial charge in [0.25, 0.3) is 0 Å². The lowest BCUT2D eigenvalue weighted by Gasteiger charge is -2.44. The number of halogens is 2. The first-order chi connectivity index (χ1) is 12.8. The number of hydrogen-bond donors (Lipinski definition) is 1. The zero-order valence-electron chi connectivity index (χ0n) is 14.7. The molecule has 150 valence electrons. The van der Waals surface area contributed by atoms with Crippen molar-refractivity contribution in [1.82, 2.24) is 9.62 Å². The summed E-state index contributed by atoms with van der Waals surface area (Å²) in [6, 6.07) is 4.38. The fourth-order valence-corrected chi connectivity index (χ4v) is 4.71. The van der Waals surface area contributed by atoms with Crippen molar-refractivity contribution in [2.45, 2.75) is 38.1 Å². The van der Waals surface area contributed by atoms with Crippen LogP contribution in [0.2, 0.25) is 10.0 Å². The molecule has 0 saturated carbocycles. The van der Waals surface area contributed by atoms with Gasteiger partial charge < -0.3 is 8.92 Å². The van der Waals surface area contributed by atoms with Crippen molar-refractivity contribution in [1.29, 1.82) is 0 Å². The zero-order chi connectivity index (χ0) is 19.4. The summed E-state index contributed by atoms with van der Waals surface area (Å²) in [5, 5.41) is 0.402. The Bertz CT molecular complexity index is 788. The van der Waals surface area contributed by atoms with E-state index in [-0.39, 0.29) is 28.3 Å². The van der Waals surface area contributed by atoms with Crippen LogP contribution in [0.3, 0.4) is 0 Å². The Hall–Kier alpha value is -1.22. The Balaban J connectivity index is 1.51. The van der Waals surface area contributed by atoms with Crippen LogP contribution in [0.25, 0.3) is 0 Å². The van der Waals surface area contributed by atoms with Crippen LogP contribution in [-0.2, 0) is 15.0 Å². The summed E-state index contributed by atoms with van der Waals surface area (Å²) in [5.41, 5.74) is 0. The van der Waals surface area contributed by atoms with E-state index in [1.807, 2.05) is 0 Å². The minimum absolute atomic E-state index is 0.0603. The van der Waals surface area contributed by atoms with Gasteiger partial charge in [0.1, 0.15) is 5.75 Å². The molecule has 27 heavy (non-hydrogen) atoms. The van der Waals surface area contributed by atoms with Gasteiger partial charge in [0, 0.05) is 18.0 Å². The number of nitrogens with one attached hydrogen (secondary N) is 1. The first-order valence-electron chi connectivity index (χ1n) is 8.92. The van der Waals surface area contributed by atoms with Gasteiger partial charge in [0.15, 0.2) is 0 Å². The van der Waals surface area contributed by atoms with E-state index in [1.165, 1.54) is 31.0 Å². The highest BCUT2D eigenvalue weighted by atomic mass is 35.5. The fourth-order valence-electron chi connectivity index (χ4n) is 3.76. The average Bonchev–Trinajstić information content (AvgIpc) is 2.62. The first kappa shape index (κ1) is 20.5. The standard InChI is InChI=1S/C17H22Cl2N2O5S/c18-14-7-6-13(10-15(14)19)26-27(23,24)20-17(22)25-11-12-4-3-9-21-8-2-1-5-16(12)21/h6-7,10,12,16H,1-5,8-9,11H2,(H,20,22)/t12-,16-/m0/s1. The normalized spacial score (nSPS) is 23.3. The monoisotopic (exact) mass is 436 g/mol. The van der Waals surface area contributed by atoms with Crippen LogP contribution in [0.4, 0.5) is 4.79 Å². The van der Waals surface area contributed by atoms with Crippen LogP contribution in [0.5, 0.6) is 5.75 Å². The summed E-state index contributed by atoms with van der Waals surface area (Å²) >= 11 is 11.6. The molecule has 10 heteroatoms. The molecule has 7 nitrogen and oxygen atoms in total. The maximum atomic E-state index is 12.0. The van der Waals surface area contributed by atoms with Crippen molar-refractivity contribution in [3.8, 4) is 5.75 Å². The second kappa shape index (κ2) is 8.86. The average molecular weight is 437 g/mol. The Labute approximate surface area is 169 Å². The Morgan fingerprint density at radius 1 is 1.15 bits per heavy atom. The molecular formula is C17H22Cl2N2O5S. The molecule has 1 N–H and O–H groups in total. The van der Waals surface area contributed by atoms with Crippen molar-refractivity contribution in [2.24, 2.45) is 5.92 Å². The van der Waals surface area contributed by atoms with Crippen molar-refractivity contribution < 1.29 is 22.1 Å². The number of carbonyl (C=O) groups is 1. The molecule has 0 aromatic heterocycles. The number of amides is 1. The molecule has 3 rings (SSSR count). The van der Waals surface area contributed by atoms with Crippen molar-refractivity contribution in [3.63, 3.8) is 0 Å². The topological polar surface area (TPSA) is 84.9 Å². The second-order valence-corrected chi connectivity index (χ2v) is 8.91. The van der Waals surface area contributed by atoms with E-state index < -0.39 is 16.4 Å².